The van der Waals surface area contributed by atoms with Crippen LogP contribution in [0, 0.1) is 0 Å². The third-order valence-corrected chi connectivity index (χ3v) is 4.43. The number of fused-ring (bicyclic) bond motifs is 1. The predicted molar refractivity (Wildman–Crippen MR) is 105 cm³/mol. The zero-order valence-electron chi connectivity index (χ0n) is 15.7. The number of benzene rings is 2. The van der Waals surface area contributed by atoms with Crippen LogP contribution in [-0.2, 0) is 13.1 Å². The Morgan fingerprint density at radius 1 is 1.25 bits per heavy atom. The average Bonchev–Trinajstić information content (AvgIpc) is 3.38. The molecule has 0 aliphatic carbocycles. The van der Waals surface area contributed by atoms with Crippen molar-refractivity contribution in [3.8, 4) is 17.2 Å². The van der Waals surface area contributed by atoms with E-state index in [1.54, 1.807) is 31.5 Å². The third-order valence-electron chi connectivity index (χ3n) is 4.43. The summed E-state index contributed by atoms with van der Waals surface area (Å²) in [5.74, 6) is 1.04. The summed E-state index contributed by atoms with van der Waals surface area (Å²) in [5.41, 5.74) is 3.54. The van der Waals surface area contributed by atoms with Gasteiger partial charge in [0.2, 0.25) is 5.89 Å². The van der Waals surface area contributed by atoms with E-state index in [2.05, 4.69) is 15.4 Å². The van der Waals surface area contributed by atoms with Crippen molar-refractivity contribution >= 4 is 17.0 Å². The van der Waals surface area contributed by atoms with E-state index < -0.39 is 0 Å². The Morgan fingerprint density at radius 2 is 2.14 bits per heavy atom. The van der Waals surface area contributed by atoms with Crippen molar-refractivity contribution in [2.45, 2.75) is 20.0 Å². The van der Waals surface area contributed by atoms with Crippen LogP contribution in [0.3, 0.4) is 0 Å². The zero-order valence-corrected chi connectivity index (χ0v) is 15.7. The third kappa shape index (κ3) is 3.59. The number of aryl methyl sites for hydroxylation is 1. The molecule has 0 unspecified atom stereocenters. The number of nitrogens with one attached hydrogen (secondary N) is 1. The lowest BCUT2D eigenvalue weighted by Gasteiger charge is -2.03. The highest BCUT2D eigenvalue weighted by atomic mass is 16.5. The summed E-state index contributed by atoms with van der Waals surface area (Å²) >= 11 is 0. The maximum Gasteiger partial charge on any atom is 0.251 e. The van der Waals surface area contributed by atoms with Crippen LogP contribution in [0.1, 0.15) is 22.8 Å². The Labute approximate surface area is 161 Å². The maximum atomic E-state index is 12.5. The van der Waals surface area contributed by atoms with E-state index in [1.165, 1.54) is 0 Å². The molecule has 0 radical (unpaired) electrons. The number of carbonyl (C=O) groups is 1. The van der Waals surface area contributed by atoms with Crippen LogP contribution in [0.25, 0.3) is 22.6 Å². The Balaban J connectivity index is 1.53. The van der Waals surface area contributed by atoms with Gasteiger partial charge in [-0.3, -0.25) is 9.48 Å². The molecule has 0 aliphatic heterocycles. The van der Waals surface area contributed by atoms with Gasteiger partial charge in [-0.05, 0) is 43.3 Å². The number of ether oxygens (including phenoxy) is 1. The van der Waals surface area contributed by atoms with Crippen LogP contribution in [-0.4, -0.2) is 27.8 Å². The van der Waals surface area contributed by atoms with Crippen molar-refractivity contribution in [1.29, 1.82) is 0 Å². The highest BCUT2D eigenvalue weighted by molar-refractivity contribution is 5.97. The summed E-state index contributed by atoms with van der Waals surface area (Å²) in [4.78, 5) is 17.0. The summed E-state index contributed by atoms with van der Waals surface area (Å²) in [6, 6.07) is 12.7. The Bertz CT molecular complexity index is 1130. The Hall–Kier alpha value is -3.61. The van der Waals surface area contributed by atoms with Crippen molar-refractivity contribution < 1.29 is 13.9 Å². The molecule has 2 aromatic heterocycles. The summed E-state index contributed by atoms with van der Waals surface area (Å²) in [6.07, 6.45) is 3.67. The van der Waals surface area contributed by atoms with E-state index in [0.29, 0.717) is 29.1 Å². The number of hydrogen-bond acceptors (Lipinski definition) is 5. The van der Waals surface area contributed by atoms with Crippen LogP contribution in [0.5, 0.6) is 5.75 Å². The van der Waals surface area contributed by atoms with E-state index >= 15 is 0 Å². The number of hydrogen-bond donors (Lipinski definition) is 1. The first-order valence-electron chi connectivity index (χ1n) is 9.01. The zero-order chi connectivity index (χ0) is 19.5. The molecule has 0 saturated carbocycles. The van der Waals surface area contributed by atoms with Crippen LogP contribution in [0.2, 0.25) is 0 Å². The minimum Gasteiger partial charge on any atom is -0.497 e. The van der Waals surface area contributed by atoms with Gasteiger partial charge in [-0.15, -0.1) is 0 Å². The molecule has 1 N–H and O–H groups in total. The molecule has 2 heterocycles. The lowest BCUT2D eigenvalue weighted by atomic mass is 10.2. The fourth-order valence-corrected chi connectivity index (χ4v) is 2.90. The van der Waals surface area contributed by atoms with Crippen molar-refractivity contribution in [1.82, 2.24) is 20.1 Å². The quantitative estimate of drug-likeness (QED) is 0.555. The Kier molecular flexibility index (Phi) is 4.80. The van der Waals surface area contributed by atoms with Gasteiger partial charge in [0.25, 0.3) is 5.91 Å². The van der Waals surface area contributed by atoms with E-state index in [-0.39, 0.29) is 5.91 Å². The SMILES string of the molecule is CCn1cc(CNC(=O)c2ccc3nc(-c4cccc(OC)c4)oc3c2)cn1. The van der Waals surface area contributed by atoms with Gasteiger partial charge in [0, 0.05) is 36.0 Å². The van der Waals surface area contributed by atoms with Gasteiger partial charge in [0.15, 0.2) is 5.58 Å². The van der Waals surface area contributed by atoms with Gasteiger partial charge in [0.05, 0.1) is 13.3 Å². The average molecular weight is 376 g/mol. The molecule has 4 rings (SSSR count). The molecular formula is C21H20N4O3. The van der Waals surface area contributed by atoms with Crippen LogP contribution in [0.15, 0.2) is 59.3 Å². The number of aromatic nitrogens is 3. The van der Waals surface area contributed by atoms with Gasteiger partial charge in [0.1, 0.15) is 11.3 Å². The molecule has 142 valence electrons. The summed E-state index contributed by atoms with van der Waals surface area (Å²) in [7, 11) is 1.61. The molecule has 1 amide bonds. The molecule has 28 heavy (non-hydrogen) atoms. The second-order valence-electron chi connectivity index (χ2n) is 6.32. The van der Waals surface area contributed by atoms with Crippen molar-refractivity contribution in [3.63, 3.8) is 0 Å². The molecular weight excluding hydrogens is 356 g/mol. The highest BCUT2D eigenvalue weighted by Gasteiger charge is 2.13. The Morgan fingerprint density at radius 3 is 2.93 bits per heavy atom. The lowest BCUT2D eigenvalue weighted by Crippen LogP contribution is -2.22. The first kappa shape index (κ1) is 17.8. The van der Waals surface area contributed by atoms with E-state index in [4.69, 9.17) is 9.15 Å². The van der Waals surface area contributed by atoms with Crippen molar-refractivity contribution in [2.24, 2.45) is 0 Å². The molecule has 7 heteroatoms. The maximum absolute atomic E-state index is 12.5. The van der Waals surface area contributed by atoms with Gasteiger partial charge in [-0.2, -0.15) is 5.10 Å². The lowest BCUT2D eigenvalue weighted by molar-refractivity contribution is 0.0951. The van der Waals surface area contributed by atoms with Gasteiger partial charge < -0.3 is 14.5 Å². The number of nitrogens with zero attached hydrogens (tertiary/aromatic N) is 3. The summed E-state index contributed by atoms with van der Waals surface area (Å²) < 4.78 is 12.9. The summed E-state index contributed by atoms with van der Waals surface area (Å²) in [6.45, 7) is 3.23. The van der Waals surface area contributed by atoms with E-state index in [9.17, 15) is 4.79 Å². The fourth-order valence-electron chi connectivity index (χ4n) is 2.90. The molecule has 0 saturated heterocycles. The first-order chi connectivity index (χ1) is 13.7. The van der Waals surface area contributed by atoms with Gasteiger partial charge in [-0.1, -0.05) is 6.07 Å². The highest BCUT2D eigenvalue weighted by Crippen LogP contribution is 2.27. The number of amides is 1. The number of carbonyl (C=O) groups excluding carboxylic acids is 1. The molecule has 4 aromatic rings. The van der Waals surface area contributed by atoms with Crippen LogP contribution < -0.4 is 10.1 Å². The van der Waals surface area contributed by atoms with Gasteiger partial charge >= 0.3 is 0 Å². The second kappa shape index (κ2) is 7.56. The monoisotopic (exact) mass is 376 g/mol. The summed E-state index contributed by atoms with van der Waals surface area (Å²) in [5, 5.41) is 7.10. The standard InChI is InChI=1S/C21H20N4O3/c1-3-25-13-14(12-23-25)11-22-20(26)15-7-8-18-19(10-15)28-21(24-18)16-5-4-6-17(9-16)27-2/h4-10,12-13H,3,11H2,1-2H3,(H,22,26). The molecule has 0 bridgehead atoms. The van der Waals surface area contributed by atoms with E-state index in [1.807, 2.05) is 42.1 Å². The van der Waals surface area contributed by atoms with Crippen LogP contribution >= 0.6 is 0 Å². The predicted octanol–water partition coefficient (Wildman–Crippen LogP) is 3.65. The van der Waals surface area contributed by atoms with Crippen molar-refractivity contribution in [2.75, 3.05) is 7.11 Å². The molecule has 0 fully saturated rings. The number of methoxy groups -OCH3 is 1. The minimum absolute atomic E-state index is 0.175. The largest absolute Gasteiger partial charge is 0.497 e. The molecule has 7 nitrogen and oxygen atoms in total. The first-order valence-corrected chi connectivity index (χ1v) is 9.01. The normalized spacial score (nSPS) is 10.9. The second-order valence-corrected chi connectivity index (χ2v) is 6.32. The topological polar surface area (TPSA) is 82.2 Å². The molecule has 0 spiro atoms. The minimum atomic E-state index is -0.175. The number of oxazole rings is 1. The van der Waals surface area contributed by atoms with E-state index in [0.717, 1.165) is 23.4 Å². The number of rotatable bonds is 6. The smallest absolute Gasteiger partial charge is 0.251 e. The molecule has 0 atom stereocenters. The van der Waals surface area contributed by atoms with Crippen LogP contribution in [0.4, 0.5) is 0 Å². The molecule has 2 aromatic carbocycles. The van der Waals surface area contributed by atoms with Gasteiger partial charge in [-0.25, -0.2) is 4.98 Å². The van der Waals surface area contributed by atoms with Crippen molar-refractivity contribution in [3.05, 3.63) is 66.0 Å². The fraction of sp³-hybridized carbons (Fsp3) is 0.190. The molecule has 0 aliphatic rings.